The molecule has 1 aromatic heterocycles. The predicted octanol–water partition coefficient (Wildman–Crippen LogP) is 2.15. The van der Waals surface area contributed by atoms with Crippen molar-refractivity contribution in [2.75, 3.05) is 5.32 Å². The van der Waals surface area contributed by atoms with E-state index in [1.54, 1.807) is 18.3 Å². The van der Waals surface area contributed by atoms with Gasteiger partial charge in [-0.2, -0.15) is 0 Å². The topological polar surface area (TPSA) is 75.1 Å². The smallest absolute Gasteiger partial charge is 0.337 e. The number of nitrogens with zero attached hydrogens (tertiary/aromatic N) is 2. The normalized spacial score (nSPS) is 21.8. The third-order valence-corrected chi connectivity index (χ3v) is 3.27. The number of rotatable bonds is 3. The maximum absolute atomic E-state index is 11.1. The summed E-state index contributed by atoms with van der Waals surface area (Å²) in [5.74, 6) is 0.176. The minimum absolute atomic E-state index is 0.210. The third kappa shape index (κ3) is 1.88. The molecular weight excluding hydrogens is 230 g/mol. The molecule has 0 bridgehead atoms. The van der Waals surface area contributed by atoms with Crippen LogP contribution in [0, 0.1) is 5.92 Å². The third-order valence-electron chi connectivity index (χ3n) is 3.27. The molecule has 2 aromatic rings. The molecule has 3 rings (SSSR count). The first-order valence-corrected chi connectivity index (χ1v) is 5.91. The number of anilines is 1. The van der Waals surface area contributed by atoms with Crippen molar-refractivity contribution in [1.82, 2.24) is 9.97 Å². The van der Waals surface area contributed by atoms with Crippen molar-refractivity contribution in [1.29, 1.82) is 0 Å². The van der Waals surface area contributed by atoms with Gasteiger partial charge in [-0.25, -0.2) is 14.8 Å². The first-order valence-electron chi connectivity index (χ1n) is 5.91. The van der Waals surface area contributed by atoms with Crippen molar-refractivity contribution in [3.63, 3.8) is 0 Å². The molecule has 5 heteroatoms. The molecule has 1 fully saturated rings. The highest BCUT2D eigenvalue weighted by Gasteiger charge is 2.33. The minimum atomic E-state index is -0.968. The van der Waals surface area contributed by atoms with Crippen molar-refractivity contribution in [3.05, 3.63) is 30.0 Å². The van der Waals surface area contributed by atoms with Gasteiger partial charge in [0.2, 0.25) is 5.95 Å². The van der Waals surface area contributed by atoms with Crippen LogP contribution in [0.3, 0.4) is 0 Å². The molecule has 0 saturated heterocycles. The highest BCUT2D eigenvalue weighted by molar-refractivity contribution is 6.01. The van der Waals surface area contributed by atoms with Crippen LogP contribution in [0.25, 0.3) is 10.9 Å². The molecule has 1 saturated carbocycles. The lowest BCUT2D eigenvalue weighted by atomic mass is 10.1. The Labute approximate surface area is 104 Å². The maximum atomic E-state index is 11.1. The van der Waals surface area contributed by atoms with Gasteiger partial charge >= 0.3 is 5.97 Å². The molecule has 1 heterocycles. The summed E-state index contributed by atoms with van der Waals surface area (Å²) in [5, 5.41) is 13.1. The summed E-state index contributed by atoms with van der Waals surface area (Å²) in [6.07, 6.45) is 2.77. The van der Waals surface area contributed by atoms with Crippen LogP contribution in [0.1, 0.15) is 23.7 Å². The molecule has 0 aliphatic heterocycles. The van der Waals surface area contributed by atoms with Gasteiger partial charge in [0.15, 0.2) is 0 Å². The Kier molecular flexibility index (Phi) is 2.40. The summed E-state index contributed by atoms with van der Waals surface area (Å²) in [6.45, 7) is 2.15. The number of nitrogens with one attached hydrogen (secondary N) is 1. The van der Waals surface area contributed by atoms with Gasteiger partial charge in [0.05, 0.1) is 11.1 Å². The van der Waals surface area contributed by atoms with Crippen molar-refractivity contribution in [2.45, 2.75) is 19.4 Å². The van der Waals surface area contributed by atoms with Gasteiger partial charge in [-0.1, -0.05) is 19.1 Å². The van der Waals surface area contributed by atoms with E-state index in [0.717, 1.165) is 11.8 Å². The van der Waals surface area contributed by atoms with Gasteiger partial charge in [-0.3, -0.25) is 0 Å². The van der Waals surface area contributed by atoms with E-state index >= 15 is 0 Å². The monoisotopic (exact) mass is 243 g/mol. The van der Waals surface area contributed by atoms with E-state index < -0.39 is 5.97 Å². The van der Waals surface area contributed by atoms with Crippen LogP contribution in [0.5, 0.6) is 0 Å². The van der Waals surface area contributed by atoms with Crippen LogP contribution in [0.4, 0.5) is 5.95 Å². The molecule has 1 aliphatic rings. The minimum Gasteiger partial charge on any atom is -0.478 e. The number of aromatic carboxylic acids is 1. The Bertz CT molecular complexity index is 627. The van der Waals surface area contributed by atoms with Crippen LogP contribution in [-0.4, -0.2) is 27.1 Å². The van der Waals surface area contributed by atoms with Crippen molar-refractivity contribution < 1.29 is 9.90 Å². The summed E-state index contributed by atoms with van der Waals surface area (Å²) in [7, 11) is 0. The lowest BCUT2D eigenvalue weighted by Crippen LogP contribution is -2.08. The van der Waals surface area contributed by atoms with Gasteiger partial charge in [0.25, 0.3) is 0 Å². The van der Waals surface area contributed by atoms with Crippen LogP contribution in [0.15, 0.2) is 24.4 Å². The summed E-state index contributed by atoms with van der Waals surface area (Å²) in [4.78, 5) is 19.6. The van der Waals surface area contributed by atoms with Gasteiger partial charge in [0.1, 0.15) is 0 Å². The van der Waals surface area contributed by atoms with E-state index in [0.29, 0.717) is 23.4 Å². The Balaban J connectivity index is 2.03. The molecule has 2 N–H and O–H groups in total. The fourth-order valence-electron chi connectivity index (χ4n) is 1.99. The molecule has 0 radical (unpaired) electrons. The summed E-state index contributed by atoms with van der Waals surface area (Å²) in [6, 6.07) is 5.48. The second-order valence-electron chi connectivity index (χ2n) is 4.71. The zero-order valence-corrected chi connectivity index (χ0v) is 9.92. The summed E-state index contributed by atoms with van der Waals surface area (Å²) < 4.78 is 0. The largest absolute Gasteiger partial charge is 0.478 e. The van der Waals surface area contributed by atoms with Crippen LogP contribution >= 0.6 is 0 Å². The highest BCUT2D eigenvalue weighted by Crippen LogP contribution is 2.32. The van der Waals surface area contributed by atoms with Crippen molar-refractivity contribution in [3.8, 4) is 0 Å². The fraction of sp³-hybridized carbons (Fsp3) is 0.308. The van der Waals surface area contributed by atoms with Crippen molar-refractivity contribution in [2.24, 2.45) is 5.92 Å². The number of aromatic nitrogens is 2. The molecule has 2 atom stereocenters. The highest BCUT2D eigenvalue weighted by atomic mass is 16.4. The van der Waals surface area contributed by atoms with Gasteiger partial charge < -0.3 is 10.4 Å². The number of hydrogen-bond acceptors (Lipinski definition) is 4. The first kappa shape index (κ1) is 11.0. The number of hydrogen-bond donors (Lipinski definition) is 2. The molecule has 2 unspecified atom stereocenters. The average molecular weight is 243 g/mol. The number of para-hydroxylation sites is 1. The quantitative estimate of drug-likeness (QED) is 0.863. The number of fused-ring (bicyclic) bond motifs is 1. The van der Waals surface area contributed by atoms with E-state index in [-0.39, 0.29) is 5.56 Å². The van der Waals surface area contributed by atoms with Crippen LogP contribution in [-0.2, 0) is 0 Å². The number of carbonyl (C=O) groups is 1. The van der Waals surface area contributed by atoms with Gasteiger partial charge in [-0.05, 0) is 18.4 Å². The van der Waals surface area contributed by atoms with E-state index in [9.17, 15) is 4.79 Å². The Hall–Kier alpha value is -2.17. The SMILES string of the molecule is CC1CC1Nc1ncc2cccc(C(=O)O)c2n1. The van der Waals surface area contributed by atoms with Crippen LogP contribution in [0.2, 0.25) is 0 Å². The number of carboxylic acids is 1. The summed E-state index contributed by atoms with van der Waals surface area (Å²) in [5.41, 5.74) is 0.692. The molecular formula is C13H13N3O2. The Morgan fingerprint density at radius 3 is 2.94 bits per heavy atom. The Morgan fingerprint density at radius 2 is 2.28 bits per heavy atom. The second kappa shape index (κ2) is 3.94. The molecule has 18 heavy (non-hydrogen) atoms. The lowest BCUT2D eigenvalue weighted by molar-refractivity contribution is 0.0699. The van der Waals surface area contributed by atoms with Crippen molar-refractivity contribution >= 4 is 22.8 Å². The van der Waals surface area contributed by atoms with Gasteiger partial charge in [0, 0.05) is 17.6 Å². The molecule has 92 valence electrons. The van der Waals surface area contributed by atoms with E-state index in [1.165, 1.54) is 0 Å². The standard InChI is InChI=1S/C13H13N3O2/c1-7-5-10(7)15-13-14-6-8-3-2-4-9(12(17)18)11(8)16-13/h2-4,6-7,10H,5H2,1H3,(H,17,18)(H,14,15,16). The first-order chi connectivity index (χ1) is 8.65. The number of benzene rings is 1. The van der Waals surface area contributed by atoms with E-state index in [4.69, 9.17) is 5.11 Å². The number of carboxylic acid groups (broad SMARTS) is 1. The molecule has 0 amide bonds. The maximum Gasteiger partial charge on any atom is 0.337 e. The predicted molar refractivity (Wildman–Crippen MR) is 67.7 cm³/mol. The fourth-order valence-corrected chi connectivity index (χ4v) is 1.99. The van der Waals surface area contributed by atoms with E-state index in [1.807, 2.05) is 6.07 Å². The van der Waals surface area contributed by atoms with Crippen LogP contribution < -0.4 is 5.32 Å². The molecule has 1 aromatic carbocycles. The second-order valence-corrected chi connectivity index (χ2v) is 4.71. The zero-order chi connectivity index (χ0) is 12.7. The molecule has 5 nitrogen and oxygen atoms in total. The Morgan fingerprint density at radius 1 is 1.50 bits per heavy atom. The summed E-state index contributed by atoms with van der Waals surface area (Å²) >= 11 is 0. The lowest BCUT2D eigenvalue weighted by Gasteiger charge is -2.06. The van der Waals surface area contributed by atoms with Gasteiger partial charge in [-0.15, -0.1) is 0 Å². The molecule has 1 aliphatic carbocycles. The van der Waals surface area contributed by atoms with E-state index in [2.05, 4.69) is 22.2 Å². The average Bonchev–Trinajstić information content (AvgIpc) is 3.03. The zero-order valence-electron chi connectivity index (χ0n) is 9.92. The molecule has 0 spiro atoms.